The molecule has 2 rings (SSSR count). The number of carbonyl (C=O) groups excluding carboxylic acids is 1. The Morgan fingerprint density at radius 1 is 1.24 bits per heavy atom. The second kappa shape index (κ2) is 5.68. The lowest BCUT2D eigenvalue weighted by Crippen LogP contribution is -2.16. The van der Waals surface area contributed by atoms with Crippen LogP contribution < -0.4 is 5.73 Å². The summed E-state index contributed by atoms with van der Waals surface area (Å²) in [5, 5.41) is 0.00671. The smallest absolute Gasteiger partial charge is 0.366 e. The number of nitrogens with zero attached hydrogens (tertiary/aromatic N) is 3. The van der Waals surface area contributed by atoms with E-state index in [4.69, 9.17) is 5.73 Å². The largest absolute Gasteiger partial charge is 0.433 e. The van der Waals surface area contributed by atoms with Gasteiger partial charge in [-0.2, -0.15) is 13.2 Å². The van der Waals surface area contributed by atoms with Crippen LogP contribution >= 0.6 is 11.8 Å². The zero-order valence-corrected chi connectivity index (χ0v) is 11.5. The summed E-state index contributed by atoms with van der Waals surface area (Å²) >= 11 is 0.753. The number of carbonyl (C=O) groups is 1. The standard InChI is InChI=1S/C12H9F3N4OS/c1-6-4-5-17-11(18-6)21-10-7(9(16)20)2-3-8(19-10)12(13,14)15/h2-5H,1H3,(H2,16,20). The second-order valence-corrected chi connectivity index (χ2v) is 4.95. The molecule has 0 spiro atoms. The Labute approximate surface area is 121 Å². The number of pyridine rings is 1. The number of amides is 1. The third kappa shape index (κ3) is 3.69. The van der Waals surface area contributed by atoms with Crippen molar-refractivity contribution in [3.8, 4) is 0 Å². The van der Waals surface area contributed by atoms with Gasteiger partial charge >= 0.3 is 6.18 Å². The fourth-order valence-electron chi connectivity index (χ4n) is 1.43. The molecule has 0 aromatic carbocycles. The van der Waals surface area contributed by atoms with Crippen LogP contribution in [-0.2, 0) is 6.18 Å². The molecule has 0 saturated heterocycles. The number of nitrogens with two attached hydrogens (primary N) is 1. The van der Waals surface area contributed by atoms with Crippen molar-refractivity contribution >= 4 is 17.7 Å². The minimum absolute atomic E-state index is 0.113. The third-order valence-corrected chi connectivity index (χ3v) is 3.26. The first-order valence-corrected chi connectivity index (χ1v) is 6.44. The molecule has 0 saturated carbocycles. The molecule has 21 heavy (non-hydrogen) atoms. The van der Waals surface area contributed by atoms with E-state index in [2.05, 4.69) is 15.0 Å². The van der Waals surface area contributed by atoms with Crippen LogP contribution in [0.4, 0.5) is 13.2 Å². The average molecular weight is 314 g/mol. The fraction of sp³-hybridized carbons (Fsp3) is 0.167. The predicted octanol–water partition coefficient (Wildman–Crippen LogP) is 2.45. The number of primary amides is 1. The molecule has 0 unspecified atom stereocenters. The molecule has 0 atom stereocenters. The minimum Gasteiger partial charge on any atom is -0.366 e. The Bertz CT molecular complexity index is 690. The summed E-state index contributed by atoms with van der Waals surface area (Å²) in [5.41, 5.74) is 4.56. The molecule has 0 fully saturated rings. The number of aromatic nitrogens is 3. The van der Waals surface area contributed by atoms with Gasteiger partial charge in [0.05, 0.1) is 5.56 Å². The van der Waals surface area contributed by atoms with Crippen LogP contribution in [0.3, 0.4) is 0 Å². The van der Waals surface area contributed by atoms with Crippen molar-refractivity contribution in [3.05, 3.63) is 41.3 Å². The van der Waals surface area contributed by atoms with Crippen molar-refractivity contribution < 1.29 is 18.0 Å². The highest BCUT2D eigenvalue weighted by atomic mass is 32.2. The molecule has 2 aromatic rings. The SMILES string of the molecule is Cc1ccnc(Sc2nc(C(F)(F)F)ccc2C(N)=O)n1. The molecule has 0 aliphatic rings. The van der Waals surface area contributed by atoms with Gasteiger partial charge in [0.25, 0.3) is 5.91 Å². The molecule has 0 bridgehead atoms. The molecule has 110 valence electrons. The molecular formula is C12H9F3N4OS. The Hall–Kier alpha value is -2.16. The van der Waals surface area contributed by atoms with Crippen LogP contribution in [0.5, 0.6) is 0 Å². The van der Waals surface area contributed by atoms with Crippen molar-refractivity contribution in [1.29, 1.82) is 0 Å². The Morgan fingerprint density at radius 2 is 1.95 bits per heavy atom. The fourth-order valence-corrected chi connectivity index (χ4v) is 2.32. The zero-order chi connectivity index (χ0) is 15.6. The van der Waals surface area contributed by atoms with Gasteiger partial charge < -0.3 is 5.73 Å². The van der Waals surface area contributed by atoms with Gasteiger partial charge in [-0.05, 0) is 36.9 Å². The molecule has 0 radical (unpaired) electrons. The number of halogens is 3. The highest BCUT2D eigenvalue weighted by molar-refractivity contribution is 7.99. The third-order valence-electron chi connectivity index (χ3n) is 2.38. The van der Waals surface area contributed by atoms with Crippen LogP contribution in [-0.4, -0.2) is 20.9 Å². The van der Waals surface area contributed by atoms with Crippen LogP contribution in [0.1, 0.15) is 21.7 Å². The number of aryl methyl sites for hydroxylation is 1. The Balaban J connectivity index is 2.46. The summed E-state index contributed by atoms with van der Waals surface area (Å²) in [6, 6.07) is 3.34. The van der Waals surface area contributed by atoms with E-state index >= 15 is 0 Å². The maximum atomic E-state index is 12.7. The first kappa shape index (κ1) is 15.2. The van der Waals surface area contributed by atoms with Gasteiger partial charge in [0.1, 0.15) is 10.7 Å². The molecule has 0 aliphatic carbocycles. The van der Waals surface area contributed by atoms with E-state index in [0.717, 1.165) is 17.8 Å². The Kier molecular flexibility index (Phi) is 4.12. The van der Waals surface area contributed by atoms with Gasteiger partial charge in [0.2, 0.25) is 0 Å². The first-order chi connectivity index (χ1) is 9.77. The van der Waals surface area contributed by atoms with E-state index in [1.54, 1.807) is 13.0 Å². The summed E-state index contributed by atoms with van der Waals surface area (Å²) in [5.74, 6) is -0.869. The van der Waals surface area contributed by atoms with E-state index in [1.165, 1.54) is 6.20 Å². The zero-order valence-electron chi connectivity index (χ0n) is 10.7. The van der Waals surface area contributed by atoms with E-state index < -0.39 is 17.8 Å². The van der Waals surface area contributed by atoms with E-state index in [1.807, 2.05) is 0 Å². The molecule has 2 heterocycles. The number of hydrogen-bond acceptors (Lipinski definition) is 5. The highest BCUT2D eigenvalue weighted by Gasteiger charge is 2.33. The van der Waals surface area contributed by atoms with E-state index in [9.17, 15) is 18.0 Å². The predicted molar refractivity (Wildman–Crippen MR) is 68.6 cm³/mol. The lowest BCUT2D eigenvalue weighted by molar-refractivity contribution is -0.141. The molecular weight excluding hydrogens is 305 g/mol. The summed E-state index contributed by atoms with van der Waals surface area (Å²) in [4.78, 5) is 22.7. The number of hydrogen-bond donors (Lipinski definition) is 1. The maximum Gasteiger partial charge on any atom is 0.433 e. The maximum absolute atomic E-state index is 12.7. The van der Waals surface area contributed by atoms with Crippen LogP contribution in [0.15, 0.2) is 34.6 Å². The molecule has 1 amide bonds. The topological polar surface area (TPSA) is 81.8 Å². The number of rotatable bonds is 3. The summed E-state index contributed by atoms with van der Waals surface area (Å²) in [6.45, 7) is 1.71. The highest BCUT2D eigenvalue weighted by Crippen LogP contribution is 2.32. The lowest BCUT2D eigenvalue weighted by atomic mass is 10.2. The van der Waals surface area contributed by atoms with E-state index in [-0.39, 0.29) is 15.7 Å². The molecule has 2 N–H and O–H groups in total. The average Bonchev–Trinajstić information content (AvgIpc) is 2.37. The minimum atomic E-state index is -4.61. The summed E-state index contributed by atoms with van der Waals surface area (Å²) in [7, 11) is 0. The quantitative estimate of drug-likeness (QED) is 0.880. The van der Waals surface area contributed by atoms with Crippen LogP contribution in [0.2, 0.25) is 0 Å². The van der Waals surface area contributed by atoms with Gasteiger partial charge in [-0.15, -0.1) is 0 Å². The van der Waals surface area contributed by atoms with Gasteiger partial charge in [-0.25, -0.2) is 15.0 Å². The van der Waals surface area contributed by atoms with Crippen molar-refractivity contribution in [2.75, 3.05) is 0 Å². The van der Waals surface area contributed by atoms with Gasteiger partial charge in [0.15, 0.2) is 5.16 Å². The Morgan fingerprint density at radius 3 is 2.52 bits per heavy atom. The monoisotopic (exact) mass is 314 g/mol. The van der Waals surface area contributed by atoms with Crippen molar-refractivity contribution in [1.82, 2.24) is 15.0 Å². The molecule has 0 aliphatic heterocycles. The summed E-state index contributed by atoms with van der Waals surface area (Å²) in [6.07, 6.45) is -3.15. The molecule has 5 nitrogen and oxygen atoms in total. The lowest BCUT2D eigenvalue weighted by Gasteiger charge is -2.10. The van der Waals surface area contributed by atoms with E-state index in [0.29, 0.717) is 11.8 Å². The van der Waals surface area contributed by atoms with Gasteiger partial charge in [-0.1, -0.05) is 0 Å². The van der Waals surface area contributed by atoms with Crippen molar-refractivity contribution in [2.45, 2.75) is 23.3 Å². The summed E-state index contributed by atoms with van der Waals surface area (Å²) < 4.78 is 38.1. The van der Waals surface area contributed by atoms with Gasteiger partial charge in [-0.3, -0.25) is 4.79 Å². The second-order valence-electron chi connectivity index (χ2n) is 3.99. The first-order valence-electron chi connectivity index (χ1n) is 5.63. The van der Waals surface area contributed by atoms with Gasteiger partial charge in [0, 0.05) is 11.9 Å². The molecule has 2 aromatic heterocycles. The normalized spacial score (nSPS) is 11.4. The van der Waals surface area contributed by atoms with Crippen molar-refractivity contribution in [3.63, 3.8) is 0 Å². The van der Waals surface area contributed by atoms with Crippen molar-refractivity contribution in [2.24, 2.45) is 5.73 Å². The number of alkyl halides is 3. The van der Waals surface area contributed by atoms with Crippen LogP contribution in [0, 0.1) is 6.92 Å². The van der Waals surface area contributed by atoms with Crippen LogP contribution in [0.25, 0.3) is 0 Å². The molecule has 9 heteroatoms.